The monoisotopic (exact) mass is 393 g/mol. The summed E-state index contributed by atoms with van der Waals surface area (Å²) < 4.78 is 0. The van der Waals surface area contributed by atoms with Gasteiger partial charge in [0, 0.05) is 56.8 Å². The molecule has 0 radical (unpaired) electrons. The fourth-order valence-corrected chi connectivity index (χ4v) is 4.96. The Bertz CT molecular complexity index is 914. The van der Waals surface area contributed by atoms with Crippen LogP contribution in [0, 0.1) is 11.3 Å². The molecule has 0 bridgehead atoms. The zero-order valence-electron chi connectivity index (χ0n) is 16.7. The number of hydrogen-bond donors (Lipinski definition) is 2. The second-order valence-electron chi connectivity index (χ2n) is 8.83. The van der Waals surface area contributed by atoms with Crippen molar-refractivity contribution >= 4 is 11.8 Å². The van der Waals surface area contributed by atoms with Crippen LogP contribution in [-0.4, -0.2) is 65.0 Å². The van der Waals surface area contributed by atoms with E-state index in [1.165, 1.54) is 18.4 Å². The van der Waals surface area contributed by atoms with Crippen LogP contribution in [0.25, 0.3) is 0 Å². The Hall–Kier alpha value is -2.67. The third kappa shape index (κ3) is 3.33. The summed E-state index contributed by atoms with van der Waals surface area (Å²) in [4.78, 5) is 29.7. The van der Waals surface area contributed by atoms with E-state index in [2.05, 4.69) is 32.5 Å². The molecule has 2 aliphatic heterocycles. The normalized spacial score (nSPS) is 23.2. The number of carbonyl (C=O) groups excluding carboxylic acids is 2. The van der Waals surface area contributed by atoms with Crippen LogP contribution in [0.4, 0.5) is 0 Å². The Morgan fingerprint density at radius 3 is 2.66 bits per heavy atom. The topological polar surface area (TPSA) is 81.3 Å². The maximum atomic E-state index is 12.9. The summed E-state index contributed by atoms with van der Waals surface area (Å²) in [6.07, 6.45) is 2.35. The van der Waals surface area contributed by atoms with Gasteiger partial charge in [-0.05, 0) is 24.5 Å². The summed E-state index contributed by atoms with van der Waals surface area (Å²) in [5.41, 5.74) is 2.65. The Morgan fingerprint density at radius 1 is 1.21 bits per heavy atom. The molecule has 1 aromatic carbocycles. The Balaban J connectivity index is 1.28. The van der Waals surface area contributed by atoms with Gasteiger partial charge in [0.2, 0.25) is 5.91 Å². The van der Waals surface area contributed by atoms with Crippen molar-refractivity contribution in [3.63, 3.8) is 0 Å². The first-order valence-electron chi connectivity index (χ1n) is 10.4. The second-order valence-corrected chi connectivity index (χ2v) is 8.83. The smallest absolute Gasteiger partial charge is 0.274 e. The number of hydrogen-bond acceptors (Lipinski definition) is 4. The van der Waals surface area contributed by atoms with E-state index in [0.29, 0.717) is 24.7 Å². The minimum Gasteiger partial charge on any atom is -0.359 e. The molecular formula is C22H27N5O2. The summed E-state index contributed by atoms with van der Waals surface area (Å²) in [5, 5.41) is 10.1. The average Bonchev–Trinajstić information content (AvgIpc) is 3.31. The minimum absolute atomic E-state index is 0.0315. The molecule has 2 amide bonds. The fraction of sp³-hybridized carbons (Fsp3) is 0.500. The molecule has 29 heavy (non-hydrogen) atoms. The van der Waals surface area contributed by atoms with E-state index >= 15 is 0 Å². The molecule has 1 saturated carbocycles. The first-order chi connectivity index (χ1) is 14.1. The van der Waals surface area contributed by atoms with Crippen molar-refractivity contribution in [1.82, 2.24) is 25.3 Å². The molecule has 2 N–H and O–H groups in total. The summed E-state index contributed by atoms with van der Waals surface area (Å²) in [6.45, 7) is 3.61. The van der Waals surface area contributed by atoms with E-state index in [-0.39, 0.29) is 23.1 Å². The summed E-state index contributed by atoms with van der Waals surface area (Å²) >= 11 is 0. The molecule has 1 unspecified atom stereocenters. The van der Waals surface area contributed by atoms with Gasteiger partial charge in [-0.3, -0.25) is 19.6 Å². The number of likely N-dealkylation sites (tertiary alicyclic amines) is 2. The lowest BCUT2D eigenvalue weighted by Gasteiger charge is -2.50. The van der Waals surface area contributed by atoms with Crippen molar-refractivity contribution in [2.45, 2.75) is 25.3 Å². The van der Waals surface area contributed by atoms with Gasteiger partial charge in [0.15, 0.2) is 0 Å². The van der Waals surface area contributed by atoms with E-state index in [1.54, 1.807) is 7.05 Å². The third-order valence-corrected chi connectivity index (χ3v) is 6.66. The van der Waals surface area contributed by atoms with Crippen LogP contribution in [-0.2, 0) is 11.3 Å². The number of benzene rings is 1. The highest BCUT2D eigenvalue weighted by atomic mass is 16.2. The Kier molecular flexibility index (Phi) is 4.42. The molecule has 1 atom stereocenters. The highest BCUT2D eigenvalue weighted by Crippen LogP contribution is 2.45. The SMILES string of the molecule is CNC(=O)C1CN(Cc2ccccc2)CC12CN(C(=O)c1cc(C3CC3)[nH]n1)C2. The van der Waals surface area contributed by atoms with Crippen molar-refractivity contribution in [3.05, 3.63) is 53.3 Å². The number of nitrogens with one attached hydrogen (secondary N) is 2. The van der Waals surface area contributed by atoms with Gasteiger partial charge in [0.25, 0.3) is 5.91 Å². The zero-order valence-corrected chi connectivity index (χ0v) is 16.7. The number of aromatic nitrogens is 2. The number of nitrogens with zero attached hydrogens (tertiary/aromatic N) is 3. The molecule has 3 aliphatic rings. The molecule has 5 rings (SSSR count). The maximum Gasteiger partial charge on any atom is 0.274 e. The van der Waals surface area contributed by atoms with Gasteiger partial charge in [-0.15, -0.1) is 0 Å². The maximum absolute atomic E-state index is 12.9. The molecule has 7 nitrogen and oxygen atoms in total. The fourth-order valence-electron chi connectivity index (χ4n) is 4.96. The first-order valence-corrected chi connectivity index (χ1v) is 10.4. The van der Waals surface area contributed by atoms with Gasteiger partial charge < -0.3 is 10.2 Å². The molecule has 1 aromatic heterocycles. The highest BCUT2D eigenvalue weighted by molar-refractivity contribution is 5.93. The van der Waals surface area contributed by atoms with Gasteiger partial charge in [-0.2, -0.15) is 5.10 Å². The van der Waals surface area contributed by atoms with Crippen molar-refractivity contribution in [2.24, 2.45) is 11.3 Å². The molecule has 1 aliphatic carbocycles. The van der Waals surface area contributed by atoms with Gasteiger partial charge in [0.1, 0.15) is 5.69 Å². The van der Waals surface area contributed by atoms with E-state index in [4.69, 9.17) is 0 Å². The zero-order chi connectivity index (χ0) is 20.0. The first kappa shape index (κ1) is 18.4. The van der Waals surface area contributed by atoms with Crippen molar-refractivity contribution in [2.75, 3.05) is 33.2 Å². The molecular weight excluding hydrogens is 366 g/mol. The van der Waals surface area contributed by atoms with Crippen molar-refractivity contribution < 1.29 is 9.59 Å². The largest absolute Gasteiger partial charge is 0.359 e. The molecule has 7 heteroatoms. The van der Waals surface area contributed by atoms with Gasteiger partial charge in [-0.1, -0.05) is 30.3 Å². The minimum atomic E-state index is -0.167. The van der Waals surface area contributed by atoms with Crippen LogP contribution >= 0.6 is 0 Å². The number of rotatable bonds is 5. The van der Waals surface area contributed by atoms with Crippen LogP contribution in [0.1, 0.15) is 40.5 Å². The van der Waals surface area contributed by atoms with E-state index in [9.17, 15) is 9.59 Å². The number of aromatic amines is 1. The summed E-state index contributed by atoms with van der Waals surface area (Å²) in [6, 6.07) is 12.2. The van der Waals surface area contributed by atoms with Crippen molar-refractivity contribution in [1.29, 1.82) is 0 Å². The molecule has 2 aromatic rings. The van der Waals surface area contributed by atoms with Crippen LogP contribution in [0.15, 0.2) is 36.4 Å². The number of amides is 2. The second kappa shape index (κ2) is 6.99. The molecule has 1 spiro atoms. The van der Waals surface area contributed by atoms with E-state index < -0.39 is 0 Å². The molecule has 152 valence electrons. The summed E-state index contributed by atoms with van der Waals surface area (Å²) in [5.74, 6) is 0.492. The van der Waals surface area contributed by atoms with Gasteiger partial charge in [0.05, 0.1) is 5.92 Å². The standard InChI is InChI=1S/C22H27N5O2/c1-23-20(28)17-11-26(10-15-5-3-2-4-6-15)12-22(17)13-27(14-22)21(29)19-9-18(24-25-19)16-7-8-16/h2-6,9,16-17H,7-8,10-14H2,1H3,(H,23,28)(H,24,25). The quantitative estimate of drug-likeness (QED) is 0.809. The predicted molar refractivity (Wildman–Crippen MR) is 108 cm³/mol. The Morgan fingerprint density at radius 2 is 1.97 bits per heavy atom. The average molecular weight is 393 g/mol. The third-order valence-electron chi connectivity index (χ3n) is 6.66. The van der Waals surface area contributed by atoms with Crippen LogP contribution in [0.3, 0.4) is 0 Å². The van der Waals surface area contributed by atoms with Crippen LogP contribution in [0.5, 0.6) is 0 Å². The lowest BCUT2D eigenvalue weighted by molar-refractivity contribution is -0.130. The van der Waals surface area contributed by atoms with Gasteiger partial charge in [-0.25, -0.2) is 0 Å². The van der Waals surface area contributed by atoms with Crippen LogP contribution < -0.4 is 5.32 Å². The Labute approximate surface area is 170 Å². The molecule has 3 fully saturated rings. The van der Waals surface area contributed by atoms with Crippen molar-refractivity contribution in [3.8, 4) is 0 Å². The lowest BCUT2D eigenvalue weighted by Crippen LogP contribution is -2.64. The number of H-pyrrole nitrogens is 1. The van der Waals surface area contributed by atoms with Crippen LogP contribution in [0.2, 0.25) is 0 Å². The van der Waals surface area contributed by atoms with E-state index in [0.717, 1.165) is 25.3 Å². The molecule has 2 saturated heterocycles. The summed E-state index contributed by atoms with van der Waals surface area (Å²) in [7, 11) is 1.70. The predicted octanol–water partition coefficient (Wildman–Crippen LogP) is 1.61. The van der Waals surface area contributed by atoms with E-state index in [1.807, 2.05) is 29.2 Å². The lowest BCUT2D eigenvalue weighted by atomic mass is 9.71. The van der Waals surface area contributed by atoms with Gasteiger partial charge >= 0.3 is 0 Å². The highest BCUT2D eigenvalue weighted by Gasteiger charge is 2.57. The number of carbonyl (C=O) groups is 2. The molecule has 3 heterocycles.